The fourth-order valence-corrected chi connectivity index (χ4v) is 4.93. The van der Waals surface area contributed by atoms with E-state index in [-0.39, 0.29) is 0 Å². The summed E-state index contributed by atoms with van der Waals surface area (Å²) in [6.07, 6.45) is 3.78. The molecule has 0 radical (unpaired) electrons. The van der Waals surface area contributed by atoms with Gasteiger partial charge in [0.1, 0.15) is 0 Å². The number of carbonyl (C=O) groups excluding carboxylic acids is 2. The number of nitrogens with one attached hydrogen (secondary N) is 1. The van der Waals surface area contributed by atoms with Crippen molar-refractivity contribution >= 4 is 12.3 Å². The first kappa shape index (κ1) is 18.6. The second kappa shape index (κ2) is 8.49. The maximum absolute atomic E-state index is 12.6. The molecule has 25 heavy (non-hydrogen) atoms. The van der Waals surface area contributed by atoms with Gasteiger partial charge < -0.3 is 15.1 Å². The van der Waals surface area contributed by atoms with Gasteiger partial charge in [-0.2, -0.15) is 0 Å². The van der Waals surface area contributed by atoms with Crippen LogP contribution in [0.15, 0.2) is 0 Å². The van der Waals surface area contributed by atoms with Gasteiger partial charge in [-0.25, -0.2) is 0 Å². The highest BCUT2D eigenvalue weighted by atomic mass is 16.2. The molecule has 2 unspecified atom stereocenters. The molecule has 0 aromatic heterocycles. The van der Waals surface area contributed by atoms with Gasteiger partial charge >= 0.3 is 0 Å². The number of likely N-dealkylation sites (tertiary alicyclic amines) is 1. The summed E-state index contributed by atoms with van der Waals surface area (Å²) in [5, 5.41) is 2.81. The lowest BCUT2D eigenvalue weighted by Crippen LogP contribution is -2.49. The van der Waals surface area contributed by atoms with Crippen LogP contribution in [0.4, 0.5) is 0 Å². The van der Waals surface area contributed by atoms with E-state index in [1.807, 2.05) is 0 Å². The SMILES string of the molecule is CC(C)N1CCN(CCC(=O)N2CC3CC(CNC=O)CC3C2)CC1. The highest BCUT2D eigenvalue weighted by Crippen LogP contribution is 2.41. The Morgan fingerprint density at radius 2 is 1.76 bits per heavy atom. The molecule has 3 fully saturated rings. The summed E-state index contributed by atoms with van der Waals surface area (Å²) in [7, 11) is 0. The van der Waals surface area contributed by atoms with Crippen LogP contribution in [0.3, 0.4) is 0 Å². The molecule has 2 heterocycles. The van der Waals surface area contributed by atoms with Gasteiger partial charge in [-0.05, 0) is 44.4 Å². The van der Waals surface area contributed by atoms with Crippen molar-refractivity contribution in [1.29, 1.82) is 0 Å². The first-order valence-electron chi connectivity index (χ1n) is 9.98. The fourth-order valence-electron chi connectivity index (χ4n) is 4.93. The summed E-state index contributed by atoms with van der Waals surface area (Å²) >= 11 is 0. The van der Waals surface area contributed by atoms with E-state index >= 15 is 0 Å². The average molecular weight is 351 g/mol. The molecule has 142 valence electrons. The van der Waals surface area contributed by atoms with Crippen molar-refractivity contribution in [2.75, 3.05) is 52.4 Å². The smallest absolute Gasteiger partial charge is 0.223 e. The van der Waals surface area contributed by atoms with E-state index in [4.69, 9.17) is 0 Å². The number of amides is 2. The van der Waals surface area contributed by atoms with Crippen molar-refractivity contribution in [2.24, 2.45) is 17.8 Å². The number of rotatable bonds is 7. The summed E-state index contributed by atoms with van der Waals surface area (Å²) < 4.78 is 0. The molecule has 1 N–H and O–H groups in total. The third kappa shape index (κ3) is 4.73. The molecule has 2 atom stereocenters. The van der Waals surface area contributed by atoms with Crippen molar-refractivity contribution in [2.45, 2.75) is 39.2 Å². The van der Waals surface area contributed by atoms with E-state index in [1.165, 1.54) is 0 Å². The van der Waals surface area contributed by atoms with E-state index in [2.05, 4.69) is 33.9 Å². The van der Waals surface area contributed by atoms with Crippen molar-refractivity contribution < 1.29 is 9.59 Å². The molecule has 0 aromatic carbocycles. The van der Waals surface area contributed by atoms with Gasteiger partial charge in [0, 0.05) is 64.8 Å². The van der Waals surface area contributed by atoms with Gasteiger partial charge in [0.15, 0.2) is 0 Å². The monoisotopic (exact) mass is 350 g/mol. The molecule has 2 aliphatic heterocycles. The highest BCUT2D eigenvalue weighted by molar-refractivity contribution is 5.76. The third-order valence-electron chi connectivity index (χ3n) is 6.47. The van der Waals surface area contributed by atoms with Crippen LogP contribution in [0.1, 0.15) is 33.1 Å². The van der Waals surface area contributed by atoms with Gasteiger partial charge in [0.05, 0.1) is 0 Å². The Hall–Kier alpha value is -1.14. The number of nitrogens with zero attached hydrogens (tertiary/aromatic N) is 3. The maximum Gasteiger partial charge on any atom is 0.223 e. The Bertz CT molecular complexity index is 448. The minimum absolute atomic E-state index is 0.336. The number of carbonyl (C=O) groups is 2. The fraction of sp³-hybridized carbons (Fsp3) is 0.895. The van der Waals surface area contributed by atoms with E-state index in [1.54, 1.807) is 0 Å². The Labute approximate surface area is 151 Å². The number of hydrogen-bond donors (Lipinski definition) is 1. The van der Waals surface area contributed by atoms with Crippen molar-refractivity contribution in [3.8, 4) is 0 Å². The van der Waals surface area contributed by atoms with E-state index < -0.39 is 0 Å². The van der Waals surface area contributed by atoms with Crippen LogP contribution in [0.2, 0.25) is 0 Å². The maximum atomic E-state index is 12.6. The molecule has 0 aromatic rings. The van der Waals surface area contributed by atoms with Gasteiger partial charge in [-0.1, -0.05) is 0 Å². The van der Waals surface area contributed by atoms with Crippen LogP contribution >= 0.6 is 0 Å². The van der Waals surface area contributed by atoms with Crippen molar-refractivity contribution in [3.63, 3.8) is 0 Å². The lowest BCUT2D eigenvalue weighted by atomic mass is 10.0. The molecule has 6 heteroatoms. The van der Waals surface area contributed by atoms with E-state index in [9.17, 15) is 9.59 Å². The van der Waals surface area contributed by atoms with Crippen LogP contribution < -0.4 is 5.32 Å². The predicted octanol–water partition coefficient (Wildman–Crippen LogP) is 0.633. The highest BCUT2D eigenvalue weighted by Gasteiger charge is 2.41. The first-order valence-corrected chi connectivity index (χ1v) is 9.98. The zero-order valence-corrected chi connectivity index (χ0v) is 15.8. The zero-order valence-electron chi connectivity index (χ0n) is 15.8. The second-order valence-corrected chi connectivity index (χ2v) is 8.40. The summed E-state index contributed by atoms with van der Waals surface area (Å²) in [5.74, 6) is 2.24. The summed E-state index contributed by atoms with van der Waals surface area (Å²) in [5.41, 5.74) is 0. The minimum atomic E-state index is 0.336. The topological polar surface area (TPSA) is 55.9 Å². The number of hydrogen-bond acceptors (Lipinski definition) is 4. The Balaban J connectivity index is 1.35. The zero-order chi connectivity index (χ0) is 17.8. The minimum Gasteiger partial charge on any atom is -0.358 e. The molecular weight excluding hydrogens is 316 g/mol. The number of fused-ring (bicyclic) bond motifs is 1. The lowest BCUT2D eigenvalue weighted by molar-refractivity contribution is -0.131. The Kier molecular flexibility index (Phi) is 6.34. The van der Waals surface area contributed by atoms with Crippen LogP contribution in [-0.4, -0.2) is 85.4 Å². The molecule has 1 saturated carbocycles. The van der Waals surface area contributed by atoms with E-state index in [0.717, 1.165) is 71.6 Å². The molecule has 6 nitrogen and oxygen atoms in total. The molecule has 0 spiro atoms. The number of piperazine rings is 1. The van der Waals surface area contributed by atoms with Crippen LogP contribution in [0.25, 0.3) is 0 Å². The third-order valence-corrected chi connectivity index (χ3v) is 6.47. The molecule has 2 saturated heterocycles. The lowest BCUT2D eigenvalue weighted by Gasteiger charge is -2.37. The summed E-state index contributed by atoms with van der Waals surface area (Å²) in [6, 6.07) is 0.623. The molecule has 0 bridgehead atoms. The van der Waals surface area contributed by atoms with Crippen LogP contribution in [-0.2, 0) is 9.59 Å². The van der Waals surface area contributed by atoms with Gasteiger partial charge in [-0.15, -0.1) is 0 Å². The van der Waals surface area contributed by atoms with Crippen molar-refractivity contribution in [3.05, 3.63) is 0 Å². The van der Waals surface area contributed by atoms with Crippen LogP contribution in [0.5, 0.6) is 0 Å². The Morgan fingerprint density at radius 1 is 1.12 bits per heavy atom. The molecule has 2 amide bonds. The van der Waals surface area contributed by atoms with E-state index in [0.29, 0.717) is 36.1 Å². The molecule has 3 aliphatic rings. The molecular formula is C19H34N4O2. The standard InChI is InChI=1S/C19H34N4O2/c1-15(2)22-7-5-21(6-8-22)4-3-19(25)23-12-17-9-16(11-20-14-24)10-18(17)13-23/h14-18H,3-13H2,1-2H3,(H,20,24). The Morgan fingerprint density at radius 3 is 2.32 bits per heavy atom. The quantitative estimate of drug-likeness (QED) is 0.685. The normalized spacial score (nSPS) is 30.7. The van der Waals surface area contributed by atoms with Crippen molar-refractivity contribution in [1.82, 2.24) is 20.0 Å². The summed E-state index contributed by atoms with van der Waals surface area (Å²) in [4.78, 5) is 30.1. The van der Waals surface area contributed by atoms with Gasteiger partial charge in [-0.3, -0.25) is 14.5 Å². The first-order chi connectivity index (χ1) is 12.1. The largest absolute Gasteiger partial charge is 0.358 e. The summed E-state index contributed by atoms with van der Waals surface area (Å²) in [6.45, 7) is 12.5. The van der Waals surface area contributed by atoms with Gasteiger partial charge in [0.25, 0.3) is 0 Å². The predicted molar refractivity (Wildman–Crippen MR) is 98.1 cm³/mol. The average Bonchev–Trinajstić information content (AvgIpc) is 3.16. The van der Waals surface area contributed by atoms with Crippen LogP contribution in [0, 0.1) is 17.8 Å². The molecule has 1 aliphatic carbocycles. The molecule has 3 rings (SSSR count). The second-order valence-electron chi connectivity index (χ2n) is 8.40. The van der Waals surface area contributed by atoms with Gasteiger partial charge in [0.2, 0.25) is 12.3 Å².